The molecule has 0 bridgehead atoms. The number of hydrogen-bond acceptors (Lipinski definition) is 4. The van der Waals surface area contributed by atoms with Gasteiger partial charge in [0.25, 0.3) is 0 Å². The van der Waals surface area contributed by atoms with Gasteiger partial charge in [-0.25, -0.2) is 9.31 Å². The molecule has 6 nitrogen and oxygen atoms in total. The fourth-order valence-corrected chi connectivity index (χ4v) is 0.633. The molecule has 1 unspecified atom stereocenters. The van der Waals surface area contributed by atoms with E-state index in [2.05, 4.69) is 15.2 Å². The molecule has 0 saturated carbocycles. The lowest BCUT2D eigenvalue weighted by molar-refractivity contribution is 0.555. The molecule has 7 heteroatoms. The van der Waals surface area contributed by atoms with Crippen molar-refractivity contribution in [1.82, 2.24) is 15.2 Å². The van der Waals surface area contributed by atoms with Crippen LogP contribution in [0, 0.1) is 0 Å². The van der Waals surface area contributed by atoms with E-state index in [1.54, 1.807) is 0 Å². The van der Waals surface area contributed by atoms with Crippen molar-refractivity contribution in [3.63, 3.8) is 0 Å². The smallest absolute Gasteiger partial charge is 0.244 e. The van der Waals surface area contributed by atoms with Crippen molar-refractivity contribution in [3.8, 4) is 0 Å². The van der Waals surface area contributed by atoms with Crippen molar-refractivity contribution in [2.45, 2.75) is 5.16 Å². The van der Waals surface area contributed by atoms with Crippen molar-refractivity contribution >= 4 is 17.0 Å². The number of aromatic amines is 1. The summed E-state index contributed by atoms with van der Waals surface area (Å²) in [6.07, 6.45) is 0. The molecule has 50 valence electrons. The zero-order chi connectivity index (χ0) is 6.85. The van der Waals surface area contributed by atoms with E-state index < -0.39 is 11.1 Å². The number of nitrogens with zero attached hydrogens (tertiary/aromatic N) is 2. The molecule has 0 amide bonds. The number of anilines is 1. The lowest BCUT2D eigenvalue weighted by Gasteiger charge is -1.78. The summed E-state index contributed by atoms with van der Waals surface area (Å²) < 4.78 is 18.5. The van der Waals surface area contributed by atoms with Gasteiger partial charge in [-0.3, -0.25) is 4.55 Å². The van der Waals surface area contributed by atoms with Crippen LogP contribution in [0.2, 0.25) is 0 Å². The summed E-state index contributed by atoms with van der Waals surface area (Å²) in [6, 6.07) is 0. The molecule has 0 saturated heterocycles. The first-order valence-corrected chi connectivity index (χ1v) is 3.09. The second kappa shape index (κ2) is 2.11. The van der Waals surface area contributed by atoms with Gasteiger partial charge in [0.2, 0.25) is 22.2 Å². The van der Waals surface area contributed by atoms with E-state index in [4.69, 9.17) is 10.3 Å². The molecule has 9 heavy (non-hydrogen) atoms. The van der Waals surface area contributed by atoms with E-state index in [0.29, 0.717) is 0 Å². The van der Waals surface area contributed by atoms with Crippen molar-refractivity contribution < 1.29 is 8.76 Å². The van der Waals surface area contributed by atoms with E-state index in [-0.39, 0.29) is 11.1 Å². The van der Waals surface area contributed by atoms with Crippen LogP contribution in [-0.2, 0) is 11.1 Å². The van der Waals surface area contributed by atoms with Gasteiger partial charge in [0.1, 0.15) is 0 Å². The lowest BCUT2D eigenvalue weighted by Crippen LogP contribution is -1.91. The van der Waals surface area contributed by atoms with E-state index in [9.17, 15) is 4.21 Å². The maximum absolute atomic E-state index is 10.1. The SMILES string of the molecule is Nc1n[nH]c(S(=O)O)n1. The van der Waals surface area contributed by atoms with Gasteiger partial charge >= 0.3 is 0 Å². The van der Waals surface area contributed by atoms with Crippen molar-refractivity contribution in [2.24, 2.45) is 0 Å². The second-order valence-electron chi connectivity index (χ2n) is 1.25. The van der Waals surface area contributed by atoms with Gasteiger partial charge < -0.3 is 5.73 Å². The Morgan fingerprint density at radius 1 is 1.78 bits per heavy atom. The molecule has 0 aliphatic rings. The van der Waals surface area contributed by atoms with Crippen molar-refractivity contribution in [2.75, 3.05) is 5.73 Å². The molecule has 0 aliphatic carbocycles. The Morgan fingerprint density at radius 3 is 2.67 bits per heavy atom. The minimum absolute atomic E-state index is 0.0348. The van der Waals surface area contributed by atoms with E-state index in [1.807, 2.05) is 0 Å². The van der Waals surface area contributed by atoms with E-state index in [0.717, 1.165) is 0 Å². The molecule has 4 N–H and O–H groups in total. The maximum atomic E-state index is 10.1. The summed E-state index contributed by atoms with van der Waals surface area (Å²) in [5.74, 6) is -0.0348. The topological polar surface area (TPSA) is 105 Å². The summed E-state index contributed by atoms with van der Waals surface area (Å²) in [6.45, 7) is 0. The number of hydrogen-bond donors (Lipinski definition) is 3. The number of nitrogen functional groups attached to an aromatic ring is 1. The Hall–Kier alpha value is -0.950. The quantitative estimate of drug-likeness (QED) is 0.441. The van der Waals surface area contributed by atoms with Gasteiger partial charge in [-0.2, -0.15) is 4.98 Å². The molecule has 1 aromatic rings. The minimum atomic E-state index is -2.12. The van der Waals surface area contributed by atoms with Gasteiger partial charge in [0.15, 0.2) is 0 Å². The molecule has 0 fully saturated rings. The number of nitrogens with one attached hydrogen (secondary N) is 1. The van der Waals surface area contributed by atoms with Crippen LogP contribution in [0.3, 0.4) is 0 Å². The number of rotatable bonds is 1. The fraction of sp³-hybridized carbons (Fsp3) is 0. The third kappa shape index (κ3) is 1.24. The molecule has 1 heterocycles. The van der Waals surface area contributed by atoms with Gasteiger partial charge in [0.05, 0.1) is 0 Å². The first kappa shape index (κ1) is 6.17. The Labute approximate surface area is 52.8 Å². The number of nitrogens with two attached hydrogens (primary N) is 1. The molecule has 1 atom stereocenters. The molecule has 0 spiro atoms. The van der Waals surface area contributed by atoms with Gasteiger partial charge in [-0.05, 0) is 0 Å². The third-order valence-electron chi connectivity index (χ3n) is 0.648. The van der Waals surface area contributed by atoms with Crippen LogP contribution in [0.1, 0.15) is 0 Å². The highest BCUT2D eigenvalue weighted by Gasteiger charge is 2.03. The molecule has 1 aromatic heterocycles. The minimum Gasteiger partial charge on any atom is -0.366 e. The number of aromatic nitrogens is 3. The predicted octanol–water partition coefficient (Wildman–Crippen LogP) is -1.03. The molecule has 0 radical (unpaired) electrons. The summed E-state index contributed by atoms with van der Waals surface area (Å²) in [4.78, 5) is 3.37. The van der Waals surface area contributed by atoms with Gasteiger partial charge in [-0.15, -0.1) is 5.10 Å². The average Bonchev–Trinajstić information content (AvgIpc) is 2.14. The van der Waals surface area contributed by atoms with E-state index >= 15 is 0 Å². The van der Waals surface area contributed by atoms with Gasteiger partial charge in [-0.1, -0.05) is 0 Å². The predicted molar refractivity (Wildman–Crippen MR) is 29.8 cm³/mol. The van der Waals surface area contributed by atoms with Crippen LogP contribution in [0.4, 0.5) is 5.95 Å². The van der Waals surface area contributed by atoms with Crippen molar-refractivity contribution in [3.05, 3.63) is 0 Å². The zero-order valence-corrected chi connectivity index (χ0v) is 5.05. The van der Waals surface area contributed by atoms with Crippen LogP contribution in [0.25, 0.3) is 0 Å². The second-order valence-corrected chi connectivity index (χ2v) is 2.13. The van der Waals surface area contributed by atoms with Gasteiger partial charge in [0, 0.05) is 0 Å². The standard InChI is InChI=1S/C2H4N4O2S/c3-1-4-2(6-5-1)9(7)8/h(H,7,8)(H3,3,4,5,6). The first-order chi connectivity index (χ1) is 4.20. The summed E-state index contributed by atoms with van der Waals surface area (Å²) in [7, 11) is 0. The zero-order valence-electron chi connectivity index (χ0n) is 4.24. The summed E-state index contributed by atoms with van der Waals surface area (Å²) >= 11 is -2.12. The van der Waals surface area contributed by atoms with Crippen LogP contribution in [0.5, 0.6) is 0 Å². The highest BCUT2D eigenvalue weighted by molar-refractivity contribution is 7.79. The first-order valence-electron chi connectivity index (χ1n) is 1.99. The Morgan fingerprint density at radius 2 is 2.44 bits per heavy atom. The molecular weight excluding hydrogens is 144 g/mol. The van der Waals surface area contributed by atoms with Crippen LogP contribution in [-0.4, -0.2) is 23.9 Å². The largest absolute Gasteiger partial charge is 0.366 e. The summed E-state index contributed by atoms with van der Waals surface area (Å²) in [5, 5.41) is 5.36. The normalized spacial score (nSPS) is 13.4. The van der Waals surface area contributed by atoms with Crippen LogP contribution >= 0.6 is 0 Å². The Bertz CT molecular complexity index is 232. The van der Waals surface area contributed by atoms with Crippen LogP contribution in [0.15, 0.2) is 5.16 Å². The maximum Gasteiger partial charge on any atom is 0.244 e. The average molecular weight is 148 g/mol. The monoisotopic (exact) mass is 148 g/mol. The molecule has 1 rings (SSSR count). The lowest BCUT2D eigenvalue weighted by atomic mass is 11.1. The molecule has 0 aliphatic heterocycles. The third-order valence-corrected chi connectivity index (χ3v) is 1.16. The Balaban J connectivity index is 2.98. The molecule has 0 aromatic carbocycles. The highest BCUT2D eigenvalue weighted by Crippen LogP contribution is 1.95. The van der Waals surface area contributed by atoms with E-state index in [1.165, 1.54) is 0 Å². The van der Waals surface area contributed by atoms with Crippen molar-refractivity contribution in [1.29, 1.82) is 0 Å². The molecular formula is C2H4N4O2S. The highest BCUT2D eigenvalue weighted by atomic mass is 32.2. The fourth-order valence-electron chi connectivity index (χ4n) is 0.337. The van der Waals surface area contributed by atoms with Crippen LogP contribution < -0.4 is 5.73 Å². The number of H-pyrrole nitrogens is 1. The Kier molecular flexibility index (Phi) is 1.45. The summed E-state index contributed by atoms with van der Waals surface area (Å²) in [5.41, 5.74) is 5.02.